The lowest BCUT2D eigenvalue weighted by atomic mass is 10.1. The summed E-state index contributed by atoms with van der Waals surface area (Å²) in [5, 5.41) is 4.73. The van der Waals surface area contributed by atoms with Gasteiger partial charge >= 0.3 is 11.8 Å². The molecule has 0 bridgehead atoms. The quantitative estimate of drug-likeness (QED) is 0.650. The van der Waals surface area contributed by atoms with Crippen LogP contribution in [0.5, 0.6) is 5.75 Å². The summed E-state index contributed by atoms with van der Waals surface area (Å²) in [5.41, 5.74) is 1.08. The minimum absolute atomic E-state index is 0.0139. The number of carbonyl (C=O) groups is 2. The molecule has 7 heteroatoms. The second kappa shape index (κ2) is 6.95. The molecular formula is C15H13N3O4. The zero-order chi connectivity index (χ0) is 15.9. The molecule has 112 valence electrons. The van der Waals surface area contributed by atoms with Gasteiger partial charge in [-0.15, -0.1) is 6.42 Å². The Morgan fingerprint density at radius 2 is 2.23 bits per heavy atom. The first-order valence-corrected chi connectivity index (χ1v) is 6.25. The Labute approximate surface area is 126 Å². The van der Waals surface area contributed by atoms with Gasteiger partial charge < -0.3 is 19.8 Å². The summed E-state index contributed by atoms with van der Waals surface area (Å²) >= 11 is 0. The Morgan fingerprint density at radius 3 is 2.86 bits per heavy atom. The Bertz CT molecular complexity index is 717. The molecule has 1 aromatic carbocycles. The maximum absolute atomic E-state index is 11.7. The summed E-state index contributed by atoms with van der Waals surface area (Å²) in [6.45, 7) is -0.0139. The van der Waals surface area contributed by atoms with Crippen LogP contribution < -0.4 is 15.4 Å². The van der Waals surface area contributed by atoms with Crippen molar-refractivity contribution >= 4 is 17.5 Å². The highest BCUT2D eigenvalue weighted by Crippen LogP contribution is 2.32. The predicted octanol–water partition coefficient (Wildman–Crippen LogP) is 1.04. The van der Waals surface area contributed by atoms with E-state index in [4.69, 9.17) is 15.6 Å². The molecule has 0 saturated heterocycles. The molecule has 0 radical (unpaired) electrons. The van der Waals surface area contributed by atoms with Crippen LogP contribution in [0.4, 0.5) is 5.69 Å². The van der Waals surface area contributed by atoms with E-state index in [1.807, 2.05) is 0 Å². The van der Waals surface area contributed by atoms with Crippen molar-refractivity contribution in [3.63, 3.8) is 0 Å². The van der Waals surface area contributed by atoms with Gasteiger partial charge in [-0.1, -0.05) is 5.92 Å². The molecule has 0 aliphatic carbocycles. The Hall–Kier alpha value is -3.27. The Balaban J connectivity index is 2.15. The second-order valence-electron chi connectivity index (χ2n) is 4.12. The molecule has 0 aliphatic rings. The third-order valence-corrected chi connectivity index (χ3v) is 2.71. The fourth-order valence-electron chi connectivity index (χ4n) is 1.72. The largest absolute Gasteiger partial charge is 0.496 e. The van der Waals surface area contributed by atoms with Crippen molar-refractivity contribution in [2.75, 3.05) is 19.0 Å². The van der Waals surface area contributed by atoms with E-state index in [1.165, 1.54) is 13.5 Å². The Morgan fingerprint density at radius 1 is 1.41 bits per heavy atom. The molecule has 2 N–H and O–H groups in total. The Kier molecular flexibility index (Phi) is 4.78. The summed E-state index contributed by atoms with van der Waals surface area (Å²) in [6.07, 6.45) is 7.85. The van der Waals surface area contributed by atoms with E-state index in [2.05, 4.69) is 21.5 Å². The van der Waals surface area contributed by atoms with E-state index in [0.29, 0.717) is 22.8 Å². The number of terminal acetylenes is 1. The van der Waals surface area contributed by atoms with Crippen molar-refractivity contribution in [2.45, 2.75) is 0 Å². The number of ether oxygens (including phenoxy) is 1. The number of nitrogens with one attached hydrogen (secondary N) is 2. The third kappa shape index (κ3) is 3.43. The summed E-state index contributed by atoms with van der Waals surface area (Å²) in [6, 6.07) is 4.88. The summed E-state index contributed by atoms with van der Waals surface area (Å²) in [5.74, 6) is 1.59. The first-order chi connectivity index (χ1) is 10.7. The van der Waals surface area contributed by atoms with Gasteiger partial charge in [0.15, 0.2) is 12.2 Å². The van der Waals surface area contributed by atoms with Gasteiger partial charge in [0.2, 0.25) is 0 Å². The average molecular weight is 299 g/mol. The lowest BCUT2D eigenvalue weighted by Crippen LogP contribution is -2.35. The minimum atomic E-state index is -0.815. The van der Waals surface area contributed by atoms with Crippen LogP contribution in [0.25, 0.3) is 11.3 Å². The van der Waals surface area contributed by atoms with Crippen molar-refractivity contribution in [2.24, 2.45) is 0 Å². The molecule has 0 aliphatic heterocycles. The van der Waals surface area contributed by atoms with Crippen molar-refractivity contribution in [3.05, 3.63) is 30.8 Å². The molecule has 0 spiro atoms. The molecule has 1 aromatic heterocycles. The first kappa shape index (κ1) is 15.1. The predicted molar refractivity (Wildman–Crippen MR) is 79.0 cm³/mol. The smallest absolute Gasteiger partial charge is 0.313 e. The van der Waals surface area contributed by atoms with Crippen LogP contribution in [-0.4, -0.2) is 30.5 Å². The number of hydrogen-bond donors (Lipinski definition) is 2. The highest BCUT2D eigenvalue weighted by Gasteiger charge is 2.15. The average Bonchev–Trinajstić information content (AvgIpc) is 3.06. The van der Waals surface area contributed by atoms with Crippen LogP contribution in [0.15, 0.2) is 35.2 Å². The van der Waals surface area contributed by atoms with Gasteiger partial charge in [-0.2, -0.15) is 0 Å². The van der Waals surface area contributed by atoms with Gasteiger partial charge in [0.05, 0.1) is 25.4 Å². The van der Waals surface area contributed by atoms with Crippen molar-refractivity contribution < 1.29 is 18.7 Å². The van der Waals surface area contributed by atoms with Crippen molar-refractivity contribution in [3.8, 4) is 29.4 Å². The van der Waals surface area contributed by atoms with Crippen molar-refractivity contribution in [1.29, 1.82) is 0 Å². The lowest BCUT2D eigenvalue weighted by molar-refractivity contribution is -0.136. The fraction of sp³-hybridized carbons (Fsp3) is 0.133. The van der Waals surface area contributed by atoms with E-state index in [1.54, 1.807) is 24.4 Å². The van der Waals surface area contributed by atoms with E-state index in [9.17, 15) is 9.59 Å². The van der Waals surface area contributed by atoms with Gasteiger partial charge in [-0.25, -0.2) is 4.98 Å². The molecule has 0 atom stereocenters. The summed E-state index contributed by atoms with van der Waals surface area (Å²) in [7, 11) is 1.49. The first-order valence-electron chi connectivity index (χ1n) is 6.25. The number of aromatic nitrogens is 1. The van der Waals surface area contributed by atoms with Crippen LogP contribution in [0, 0.1) is 12.3 Å². The number of methoxy groups -OCH3 is 1. The molecule has 2 rings (SSSR count). The monoisotopic (exact) mass is 299 g/mol. The van der Waals surface area contributed by atoms with E-state index < -0.39 is 11.8 Å². The SMILES string of the molecule is C#CCNC(=O)C(=O)Nc1ccc(-c2cnco2)c(OC)c1. The van der Waals surface area contributed by atoms with Crippen molar-refractivity contribution in [1.82, 2.24) is 10.3 Å². The third-order valence-electron chi connectivity index (χ3n) is 2.71. The van der Waals surface area contributed by atoms with E-state index >= 15 is 0 Å². The summed E-state index contributed by atoms with van der Waals surface area (Å²) in [4.78, 5) is 26.9. The fourth-order valence-corrected chi connectivity index (χ4v) is 1.72. The van der Waals surface area contributed by atoms with E-state index in [0.717, 1.165) is 0 Å². The minimum Gasteiger partial charge on any atom is -0.496 e. The van der Waals surface area contributed by atoms with Crippen LogP contribution in [-0.2, 0) is 9.59 Å². The molecule has 1 heterocycles. The molecule has 7 nitrogen and oxygen atoms in total. The molecule has 22 heavy (non-hydrogen) atoms. The molecule has 0 fully saturated rings. The number of amides is 2. The van der Waals surface area contributed by atoms with Crippen LogP contribution >= 0.6 is 0 Å². The normalized spacial score (nSPS) is 9.64. The van der Waals surface area contributed by atoms with Gasteiger partial charge in [-0.05, 0) is 12.1 Å². The maximum atomic E-state index is 11.7. The zero-order valence-corrected chi connectivity index (χ0v) is 11.8. The lowest BCUT2D eigenvalue weighted by Gasteiger charge is -2.10. The highest BCUT2D eigenvalue weighted by atomic mass is 16.5. The second-order valence-corrected chi connectivity index (χ2v) is 4.12. The van der Waals surface area contributed by atoms with E-state index in [-0.39, 0.29) is 6.54 Å². The van der Waals surface area contributed by atoms with Gasteiger partial charge in [0, 0.05) is 11.8 Å². The molecular weight excluding hydrogens is 286 g/mol. The van der Waals surface area contributed by atoms with Gasteiger partial charge in [0.1, 0.15) is 5.75 Å². The molecule has 0 unspecified atom stereocenters. The van der Waals surface area contributed by atoms with Crippen LogP contribution in [0.1, 0.15) is 0 Å². The van der Waals surface area contributed by atoms with Gasteiger partial charge in [0.25, 0.3) is 0 Å². The number of rotatable bonds is 4. The van der Waals surface area contributed by atoms with Crippen LogP contribution in [0.2, 0.25) is 0 Å². The van der Waals surface area contributed by atoms with Crippen LogP contribution in [0.3, 0.4) is 0 Å². The summed E-state index contributed by atoms with van der Waals surface area (Å²) < 4.78 is 10.5. The van der Waals surface area contributed by atoms with Gasteiger partial charge in [-0.3, -0.25) is 9.59 Å². The molecule has 2 amide bonds. The number of oxazole rings is 1. The molecule has 0 saturated carbocycles. The number of anilines is 1. The standard InChI is InChI=1S/C15H13N3O4/c1-3-6-17-14(19)15(20)18-10-4-5-11(12(7-10)21-2)13-8-16-9-22-13/h1,4-5,7-9H,6H2,2H3,(H,17,19)(H,18,20). The number of nitrogens with zero attached hydrogens (tertiary/aromatic N) is 1. The molecule has 2 aromatic rings. The maximum Gasteiger partial charge on any atom is 0.313 e. The number of hydrogen-bond acceptors (Lipinski definition) is 5. The number of carbonyl (C=O) groups excluding carboxylic acids is 2. The zero-order valence-electron chi connectivity index (χ0n) is 11.8. The number of benzene rings is 1. The topological polar surface area (TPSA) is 93.5 Å². The highest BCUT2D eigenvalue weighted by molar-refractivity contribution is 6.39.